The van der Waals surface area contributed by atoms with Gasteiger partial charge in [0.25, 0.3) is 11.6 Å². The van der Waals surface area contributed by atoms with Crippen molar-refractivity contribution in [3.63, 3.8) is 0 Å². The summed E-state index contributed by atoms with van der Waals surface area (Å²) in [4.78, 5) is 22.1. The van der Waals surface area contributed by atoms with Gasteiger partial charge in [-0.3, -0.25) is 14.9 Å². The van der Waals surface area contributed by atoms with Crippen molar-refractivity contribution in [1.82, 2.24) is 5.32 Å². The van der Waals surface area contributed by atoms with Crippen molar-refractivity contribution in [2.45, 2.75) is 6.42 Å². The van der Waals surface area contributed by atoms with Crippen LogP contribution in [0.1, 0.15) is 16.8 Å². The molecule has 0 aliphatic carbocycles. The van der Waals surface area contributed by atoms with Crippen molar-refractivity contribution < 1.29 is 9.72 Å². The van der Waals surface area contributed by atoms with Crippen LogP contribution in [0.15, 0.2) is 18.2 Å². The van der Waals surface area contributed by atoms with Crippen molar-refractivity contribution in [1.29, 1.82) is 0 Å². The van der Waals surface area contributed by atoms with Gasteiger partial charge in [-0.05, 0) is 29.9 Å². The van der Waals surface area contributed by atoms with E-state index in [-0.39, 0.29) is 22.2 Å². The van der Waals surface area contributed by atoms with E-state index < -0.39 is 4.92 Å². The summed E-state index contributed by atoms with van der Waals surface area (Å²) >= 11 is 7.78. The van der Waals surface area contributed by atoms with E-state index >= 15 is 0 Å². The predicted molar refractivity (Wildman–Crippen MR) is 75.9 cm³/mol. The fourth-order valence-electron chi connectivity index (χ4n) is 1.88. The van der Waals surface area contributed by atoms with Crippen molar-refractivity contribution >= 4 is 35.0 Å². The third-order valence-electron chi connectivity index (χ3n) is 2.98. The number of hydrogen-bond donors (Lipinski definition) is 1. The van der Waals surface area contributed by atoms with E-state index in [0.29, 0.717) is 12.5 Å². The summed E-state index contributed by atoms with van der Waals surface area (Å²) in [7, 11) is 0. The van der Waals surface area contributed by atoms with Crippen LogP contribution in [-0.4, -0.2) is 28.9 Å². The van der Waals surface area contributed by atoms with Crippen LogP contribution in [0.25, 0.3) is 0 Å². The molecule has 102 valence electrons. The Morgan fingerprint density at radius 3 is 3.00 bits per heavy atom. The Hall–Kier alpha value is -1.27. The molecule has 1 unspecified atom stereocenters. The first kappa shape index (κ1) is 14.1. The van der Waals surface area contributed by atoms with Gasteiger partial charge in [-0.15, -0.1) is 0 Å². The number of amides is 1. The fraction of sp³-hybridized carbons (Fsp3) is 0.417. The molecule has 2 rings (SSSR count). The molecule has 5 nitrogen and oxygen atoms in total. The van der Waals surface area contributed by atoms with E-state index in [9.17, 15) is 14.9 Å². The van der Waals surface area contributed by atoms with Crippen LogP contribution < -0.4 is 5.32 Å². The van der Waals surface area contributed by atoms with E-state index in [0.717, 1.165) is 17.9 Å². The number of nitrogens with one attached hydrogen (secondary N) is 1. The second-order valence-electron chi connectivity index (χ2n) is 4.36. The number of nitro groups is 1. The van der Waals surface area contributed by atoms with Crippen LogP contribution in [0.5, 0.6) is 0 Å². The minimum atomic E-state index is -0.541. The largest absolute Gasteiger partial charge is 0.352 e. The highest BCUT2D eigenvalue weighted by Gasteiger charge is 2.19. The molecule has 1 fully saturated rings. The zero-order chi connectivity index (χ0) is 13.8. The molecule has 0 aromatic heterocycles. The number of carbonyl (C=O) groups excluding carboxylic acids is 1. The Kier molecular flexibility index (Phi) is 4.66. The van der Waals surface area contributed by atoms with Crippen LogP contribution in [0.2, 0.25) is 5.02 Å². The van der Waals surface area contributed by atoms with Crippen molar-refractivity contribution in [3.05, 3.63) is 38.9 Å². The zero-order valence-corrected chi connectivity index (χ0v) is 11.7. The first-order valence-electron chi connectivity index (χ1n) is 5.88. The Balaban J connectivity index is 2.04. The number of non-ortho nitro benzene ring substituents is 1. The Bertz CT molecular complexity index is 504. The zero-order valence-electron chi connectivity index (χ0n) is 10.1. The molecule has 1 aromatic carbocycles. The van der Waals surface area contributed by atoms with Gasteiger partial charge in [-0.1, -0.05) is 11.6 Å². The Morgan fingerprint density at radius 1 is 1.58 bits per heavy atom. The molecular weight excluding hydrogens is 288 g/mol. The van der Waals surface area contributed by atoms with Gasteiger partial charge in [-0.2, -0.15) is 11.8 Å². The lowest BCUT2D eigenvalue weighted by atomic mass is 10.1. The lowest BCUT2D eigenvalue weighted by Crippen LogP contribution is -2.29. The number of halogens is 1. The third-order valence-corrected chi connectivity index (χ3v) is 4.54. The molecule has 1 aromatic rings. The maximum Gasteiger partial charge on any atom is 0.270 e. The van der Waals surface area contributed by atoms with Crippen LogP contribution in [0.3, 0.4) is 0 Å². The van der Waals surface area contributed by atoms with Gasteiger partial charge in [0.15, 0.2) is 0 Å². The molecule has 0 spiro atoms. The summed E-state index contributed by atoms with van der Waals surface area (Å²) in [5.41, 5.74) is 0.0208. The van der Waals surface area contributed by atoms with Crippen molar-refractivity contribution in [2.75, 3.05) is 18.1 Å². The molecule has 0 radical (unpaired) electrons. The highest BCUT2D eigenvalue weighted by Crippen LogP contribution is 2.24. The lowest BCUT2D eigenvalue weighted by molar-refractivity contribution is -0.384. The van der Waals surface area contributed by atoms with Crippen LogP contribution >= 0.6 is 23.4 Å². The monoisotopic (exact) mass is 300 g/mol. The molecule has 1 atom stereocenters. The number of thioether (sulfide) groups is 1. The number of carbonyl (C=O) groups is 1. The van der Waals surface area contributed by atoms with Crippen molar-refractivity contribution in [2.24, 2.45) is 5.92 Å². The molecule has 7 heteroatoms. The molecule has 1 aliphatic heterocycles. The Morgan fingerprint density at radius 2 is 2.37 bits per heavy atom. The quantitative estimate of drug-likeness (QED) is 0.685. The van der Waals surface area contributed by atoms with Gasteiger partial charge < -0.3 is 5.32 Å². The van der Waals surface area contributed by atoms with Crippen LogP contribution in [0.4, 0.5) is 5.69 Å². The second-order valence-corrected chi connectivity index (χ2v) is 5.92. The summed E-state index contributed by atoms with van der Waals surface area (Å²) in [6.45, 7) is 0.588. The fourth-order valence-corrected chi connectivity index (χ4v) is 3.37. The van der Waals surface area contributed by atoms with Gasteiger partial charge >= 0.3 is 0 Å². The average molecular weight is 301 g/mol. The first-order valence-corrected chi connectivity index (χ1v) is 7.41. The van der Waals surface area contributed by atoms with E-state index in [4.69, 9.17) is 11.6 Å². The van der Waals surface area contributed by atoms with Gasteiger partial charge in [0, 0.05) is 18.7 Å². The number of hydrogen-bond acceptors (Lipinski definition) is 4. The molecular formula is C12H13ClN2O3S. The van der Waals surface area contributed by atoms with Gasteiger partial charge in [0.2, 0.25) is 0 Å². The molecule has 1 saturated heterocycles. The topological polar surface area (TPSA) is 72.2 Å². The maximum atomic E-state index is 12.0. The minimum Gasteiger partial charge on any atom is -0.352 e. The average Bonchev–Trinajstić information content (AvgIpc) is 2.89. The summed E-state index contributed by atoms with van der Waals surface area (Å²) in [5.74, 6) is 2.29. The van der Waals surface area contributed by atoms with E-state index in [1.807, 2.05) is 11.8 Å². The SMILES string of the molecule is O=C(NCC1CCSC1)c1cc([N+](=O)[O-])ccc1Cl. The normalized spacial score (nSPS) is 18.3. The van der Waals surface area contributed by atoms with E-state index in [1.54, 1.807) is 0 Å². The lowest BCUT2D eigenvalue weighted by Gasteiger charge is -2.10. The summed E-state index contributed by atoms with van der Waals surface area (Å²) in [6, 6.07) is 3.87. The van der Waals surface area contributed by atoms with Crippen molar-refractivity contribution in [3.8, 4) is 0 Å². The van der Waals surface area contributed by atoms with Gasteiger partial charge in [0.05, 0.1) is 15.5 Å². The number of nitro benzene ring substituents is 1. The maximum absolute atomic E-state index is 12.0. The summed E-state index contributed by atoms with van der Waals surface area (Å²) < 4.78 is 0. The van der Waals surface area contributed by atoms with Gasteiger partial charge in [0.1, 0.15) is 0 Å². The van der Waals surface area contributed by atoms with Crippen LogP contribution in [-0.2, 0) is 0 Å². The third kappa shape index (κ3) is 3.61. The second kappa shape index (κ2) is 6.25. The predicted octanol–water partition coefficient (Wildman–Crippen LogP) is 2.73. The number of rotatable bonds is 4. The highest BCUT2D eigenvalue weighted by atomic mass is 35.5. The number of nitrogens with zero attached hydrogens (tertiary/aromatic N) is 1. The molecule has 1 heterocycles. The van der Waals surface area contributed by atoms with E-state index in [2.05, 4.69) is 5.32 Å². The standard InChI is InChI=1S/C12H13ClN2O3S/c13-11-2-1-9(15(17)18)5-10(11)12(16)14-6-8-3-4-19-7-8/h1-2,5,8H,3-4,6-7H2,(H,14,16). The summed E-state index contributed by atoms with van der Waals surface area (Å²) in [6.07, 6.45) is 1.09. The van der Waals surface area contributed by atoms with Gasteiger partial charge in [-0.25, -0.2) is 0 Å². The molecule has 19 heavy (non-hydrogen) atoms. The Labute approximate surface area is 119 Å². The first-order chi connectivity index (χ1) is 9.08. The molecule has 1 N–H and O–H groups in total. The van der Waals surface area contributed by atoms with E-state index in [1.165, 1.54) is 18.2 Å². The highest BCUT2D eigenvalue weighted by molar-refractivity contribution is 7.99. The summed E-state index contributed by atoms with van der Waals surface area (Å²) in [5, 5.41) is 13.7. The van der Waals surface area contributed by atoms with Crippen LogP contribution in [0, 0.1) is 16.0 Å². The smallest absolute Gasteiger partial charge is 0.270 e. The minimum absolute atomic E-state index is 0.133. The molecule has 1 amide bonds. The molecule has 0 bridgehead atoms. The molecule has 1 aliphatic rings. The number of benzene rings is 1. The molecule has 0 saturated carbocycles.